The van der Waals surface area contributed by atoms with E-state index in [1.54, 1.807) is 24.3 Å². The van der Waals surface area contributed by atoms with Gasteiger partial charge in [0.25, 0.3) is 0 Å². The van der Waals surface area contributed by atoms with Crippen molar-refractivity contribution in [1.82, 2.24) is 0 Å². The van der Waals surface area contributed by atoms with Crippen LogP contribution in [0.2, 0.25) is 0 Å². The van der Waals surface area contributed by atoms with Crippen LogP contribution in [0.4, 0.5) is 14.5 Å². The number of hydrogen-bond donors (Lipinski definition) is 1. The molecule has 0 radical (unpaired) electrons. The molecule has 0 aliphatic carbocycles. The van der Waals surface area contributed by atoms with Gasteiger partial charge in [0.05, 0.1) is 0 Å². The van der Waals surface area contributed by atoms with Crippen molar-refractivity contribution in [3.8, 4) is 5.75 Å². The lowest BCUT2D eigenvalue weighted by molar-refractivity contribution is -0.0498. The van der Waals surface area contributed by atoms with Crippen LogP contribution in [0.25, 0.3) is 0 Å². The fourth-order valence-electron chi connectivity index (χ4n) is 2.01. The number of nitrogens with one attached hydrogen (secondary N) is 1. The predicted molar refractivity (Wildman–Crippen MR) is 76.3 cm³/mol. The van der Waals surface area contributed by atoms with Crippen molar-refractivity contribution in [2.75, 3.05) is 5.32 Å². The zero-order valence-corrected chi connectivity index (χ0v) is 11.4. The molecule has 2 aromatic rings. The molecule has 20 heavy (non-hydrogen) atoms. The van der Waals surface area contributed by atoms with Gasteiger partial charge in [0.2, 0.25) is 0 Å². The minimum atomic E-state index is -2.79. The second kappa shape index (κ2) is 6.37. The maximum absolute atomic E-state index is 12.1. The Morgan fingerprint density at radius 2 is 1.75 bits per heavy atom. The molecule has 0 saturated heterocycles. The summed E-state index contributed by atoms with van der Waals surface area (Å²) in [6.07, 6.45) is 0. The minimum absolute atomic E-state index is 0.0809. The van der Waals surface area contributed by atoms with Gasteiger partial charge < -0.3 is 10.1 Å². The van der Waals surface area contributed by atoms with Gasteiger partial charge in [-0.2, -0.15) is 8.78 Å². The smallest absolute Gasteiger partial charge is 0.387 e. The number of hydrogen-bond acceptors (Lipinski definition) is 2. The molecule has 1 atom stereocenters. The molecule has 0 heterocycles. The topological polar surface area (TPSA) is 21.3 Å². The Morgan fingerprint density at radius 3 is 2.35 bits per heavy atom. The van der Waals surface area contributed by atoms with Crippen molar-refractivity contribution in [2.45, 2.75) is 26.5 Å². The van der Waals surface area contributed by atoms with Crippen molar-refractivity contribution in [3.63, 3.8) is 0 Å². The highest BCUT2D eigenvalue weighted by molar-refractivity contribution is 5.47. The van der Waals surface area contributed by atoms with Gasteiger partial charge >= 0.3 is 6.61 Å². The number of alkyl halides is 2. The van der Waals surface area contributed by atoms with E-state index in [1.165, 1.54) is 5.56 Å². The average molecular weight is 277 g/mol. The third-order valence-electron chi connectivity index (χ3n) is 3.01. The second-order valence-electron chi connectivity index (χ2n) is 4.68. The first-order chi connectivity index (χ1) is 9.54. The summed E-state index contributed by atoms with van der Waals surface area (Å²) in [5, 5.41) is 3.37. The molecule has 0 spiro atoms. The Morgan fingerprint density at radius 1 is 1.05 bits per heavy atom. The highest BCUT2D eigenvalue weighted by Gasteiger charge is 2.07. The Balaban J connectivity index is 2.03. The molecule has 0 aliphatic rings. The summed E-state index contributed by atoms with van der Waals surface area (Å²) in [7, 11) is 0. The summed E-state index contributed by atoms with van der Waals surface area (Å²) >= 11 is 0. The fraction of sp³-hybridized carbons (Fsp3) is 0.250. The first-order valence-electron chi connectivity index (χ1n) is 6.42. The molecular formula is C16H17F2NO. The summed E-state index contributed by atoms with van der Waals surface area (Å²) in [4.78, 5) is 0. The molecule has 1 N–H and O–H groups in total. The molecule has 2 nitrogen and oxygen atoms in total. The van der Waals surface area contributed by atoms with E-state index in [-0.39, 0.29) is 11.8 Å². The summed E-state index contributed by atoms with van der Waals surface area (Å²) in [6, 6.07) is 14.8. The third-order valence-corrected chi connectivity index (χ3v) is 3.01. The van der Waals surface area contributed by atoms with Crippen LogP contribution in [0.5, 0.6) is 5.75 Å². The van der Waals surface area contributed by atoms with Gasteiger partial charge in [0.15, 0.2) is 0 Å². The lowest BCUT2D eigenvalue weighted by Crippen LogP contribution is -2.07. The molecular weight excluding hydrogens is 260 g/mol. The molecule has 2 rings (SSSR count). The Kier molecular flexibility index (Phi) is 4.56. The van der Waals surface area contributed by atoms with Crippen LogP contribution in [0, 0.1) is 6.92 Å². The zero-order valence-electron chi connectivity index (χ0n) is 11.4. The molecule has 1 unspecified atom stereocenters. The highest BCUT2D eigenvalue weighted by Crippen LogP contribution is 2.22. The van der Waals surface area contributed by atoms with E-state index >= 15 is 0 Å². The molecule has 2 aromatic carbocycles. The molecule has 0 amide bonds. The SMILES string of the molecule is Cc1cccc(NC(C)c2ccc(OC(F)F)cc2)c1. The summed E-state index contributed by atoms with van der Waals surface area (Å²) in [6.45, 7) is 1.26. The number of halogens is 2. The molecule has 0 fully saturated rings. The van der Waals surface area contributed by atoms with Gasteiger partial charge in [-0.1, -0.05) is 24.3 Å². The van der Waals surface area contributed by atoms with Gasteiger partial charge in [0, 0.05) is 11.7 Å². The largest absolute Gasteiger partial charge is 0.435 e. The summed E-state index contributed by atoms with van der Waals surface area (Å²) in [5.74, 6) is 0.173. The second-order valence-corrected chi connectivity index (χ2v) is 4.68. The molecule has 0 aromatic heterocycles. The van der Waals surface area contributed by atoms with Gasteiger partial charge in [0.1, 0.15) is 5.75 Å². The summed E-state index contributed by atoms with van der Waals surface area (Å²) < 4.78 is 28.5. The van der Waals surface area contributed by atoms with Crippen LogP contribution in [-0.4, -0.2) is 6.61 Å². The molecule has 4 heteroatoms. The number of anilines is 1. The van der Waals surface area contributed by atoms with Gasteiger partial charge in [-0.15, -0.1) is 0 Å². The van der Waals surface area contributed by atoms with Crippen LogP contribution in [0.1, 0.15) is 24.1 Å². The number of benzene rings is 2. The van der Waals surface area contributed by atoms with Gasteiger partial charge in [-0.3, -0.25) is 0 Å². The number of ether oxygens (including phenoxy) is 1. The molecule has 0 aliphatic heterocycles. The standard InChI is InChI=1S/C16H17F2NO/c1-11-4-3-5-14(10-11)19-12(2)13-6-8-15(9-7-13)20-16(17)18/h3-10,12,16,19H,1-2H3. The zero-order chi connectivity index (χ0) is 14.5. The Labute approximate surface area is 117 Å². The van der Waals surface area contributed by atoms with Crippen LogP contribution in [0.3, 0.4) is 0 Å². The van der Waals surface area contributed by atoms with Crippen LogP contribution in [-0.2, 0) is 0 Å². The first-order valence-corrected chi connectivity index (χ1v) is 6.42. The fourth-order valence-corrected chi connectivity index (χ4v) is 2.01. The number of aryl methyl sites for hydroxylation is 1. The van der Waals surface area contributed by atoms with Crippen molar-refractivity contribution < 1.29 is 13.5 Å². The quantitative estimate of drug-likeness (QED) is 0.850. The van der Waals surface area contributed by atoms with E-state index < -0.39 is 6.61 Å². The van der Waals surface area contributed by atoms with Crippen molar-refractivity contribution in [3.05, 3.63) is 59.7 Å². The molecule has 106 valence electrons. The van der Waals surface area contributed by atoms with E-state index in [4.69, 9.17) is 0 Å². The highest BCUT2D eigenvalue weighted by atomic mass is 19.3. The monoisotopic (exact) mass is 277 g/mol. The van der Waals surface area contributed by atoms with Crippen molar-refractivity contribution in [1.29, 1.82) is 0 Å². The Bertz CT molecular complexity index is 555. The van der Waals surface area contributed by atoms with E-state index in [1.807, 2.05) is 32.0 Å². The lowest BCUT2D eigenvalue weighted by Gasteiger charge is -2.16. The number of rotatable bonds is 5. The third kappa shape index (κ3) is 3.95. The minimum Gasteiger partial charge on any atom is -0.435 e. The van der Waals surface area contributed by atoms with Crippen molar-refractivity contribution >= 4 is 5.69 Å². The van der Waals surface area contributed by atoms with Gasteiger partial charge in [-0.05, 0) is 49.2 Å². The lowest BCUT2D eigenvalue weighted by atomic mass is 10.1. The normalized spacial score (nSPS) is 12.2. The van der Waals surface area contributed by atoms with E-state index in [2.05, 4.69) is 16.1 Å². The van der Waals surface area contributed by atoms with Crippen LogP contribution in [0.15, 0.2) is 48.5 Å². The van der Waals surface area contributed by atoms with Crippen LogP contribution < -0.4 is 10.1 Å². The van der Waals surface area contributed by atoms with E-state index in [9.17, 15) is 8.78 Å². The van der Waals surface area contributed by atoms with Gasteiger partial charge in [-0.25, -0.2) is 0 Å². The maximum atomic E-state index is 12.1. The Hall–Kier alpha value is -2.10. The van der Waals surface area contributed by atoms with E-state index in [0.717, 1.165) is 11.3 Å². The van der Waals surface area contributed by atoms with E-state index in [0.29, 0.717) is 0 Å². The predicted octanol–water partition coefficient (Wildman–Crippen LogP) is 4.77. The molecule has 0 saturated carbocycles. The summed E-state index contributed by atoms with van der Waals surface area (Å²) in [5.41, 5.74) is 3.22. The van der Waals surface area contributed by atoms with Crippen LogP contribution >= 0.6 is 0 Å². The molecule has 0 bridgehead atoms. The average Bonchev–Trinajstić information content (AvgIpc) is 2.38. The first kappa shape index (κ1) is 14.3. The maximum Gasteiger partial charge on any atom is 0.387 e. The van der Waals surface area contributed by atoms with Crippen molar-refractivity contribution in [2.24, 2.45) is 0 Å².